The van der Waals surface area contributed by atoms with E-state index in [2.05, 4.69) is 5.32 Å². The van der Waals surface area contributed by atoms with Crippen LogP contribution < -0.4 is 10.1 Å². The summed E-state index contributed by atoms with van der Waals surface area (Å²) in [5.41, 5.74) is 0.487. The molecule has 0 unspecified atom stereocenters. The van der Waals surface area contributed by atoms with Gasteiger partial charge in [0.25, 0.3) is 5.91 Å². The van der Waals surface area contributed by atoms with Gasteiger partial charge in [-0.3, -0.25) is 9.59 Å². The molecule has 17 heavy (non-hydrogen) atoms. The summed E-state index contributed by atoms with van der Waals surface area (Å²) in [6.45, 7) is 3.67. The molecule has 1 rings (SSSR count). The first-order valence-electron chi connectivity index (χ1n) is 5.49. The second-order valence-electron chi connectivity index (χ2n) is 4.04. The predicted molar refractivity (Wildman–Crippen MR) is 65.2 cm³/mol. The molecule has 0 radical (unpaired) electrons. The molecule has 1 N–H and O–H groups in total. The van der Waals surface area contributed by atoms with Crippen LogP contribution in [0.15, 0.2) is 24.3 Å². The summed E-state index contributed by atoms with van der Waals surface area (Å²) in [7, 11) is 1.54. The number of ether oxygens (including phenoxy) is 1. The number of carbonyl (C=O) groups is 2. The van der Waals surface area contributed by atoms with Crippen molar-refractivity contribution >= 4 is 11.7 Å². The number of hydrogen-bond donors (Lipinski definition) is 1. The van der Waals surface area contributed by atoms with Crippen molar-refractivity contribution < 1.29 is 14.3 Å². The first-order valence-corrected chi connectivity index (χ1v) is 5.49. The molecule has 1 amide bonds. The number of ketones is 1. The maximum atomic E-state index is 11.7. The van der Waals surface area contributed by atoms with Gasteiger partial charge in [0.1, 0.15) is 5.75 Å². The van der Waals surface area contributed by atoms with Crippen molar-refractivity contribution in [2.24, 2.45) is 5.92 Å². The van der Waals surface area contributed by atoms with Crippen LogP contribution in [0, 0.1) is 5.92 Å². The van der Waals surface area contributed by atoms with E-state index >= 15 is 0 Å². The van der Waals surface area contributed by atoms with Crippen LogP contribution in [0.4, 0.5) is 0 Å². The third-order valence-corrected chi connectivity index (χ3v) is 2.40. The summed E-state index contributed by atoms with van der Waals surface area (Å²) < 4.78 is 5.02. The van der Waals surface area contributed by atoms with E-state index in [-0.39, 0.29) is 24.2 Å². The summed E-state index contributed by atoms with van der Waals surface area (Å²) in [5, 5.41) is 2.59. The zero-order chi connectivity index (χ0) is 12.8. The molecule has 0 aliphatic rings. The molecule has 0 aromatic heterocycles. The largest absolute Gasteiger partial charge is 0.497 e. The van der Waals surface area contributed by atoms with E-state index in [4.69, 9.17) is 4.74 Å². The lowest BCUT2D eigenvalue weighted by Crippen LogP contribution is -2.31. The number of benzene rings is 1. The van der Waals surface area contributed by atoms with Crippen molar-refractivity contribution in [3.05, 3.63) is 29.8 Å². The SMILES string of the molecule is COc1cccc(C(=O)NCC(=O)C(C)C)c1. The van der Waals surface area contributed by atoms with E-state index in [1.807, 2.05) is 0 Å². The molecule has 0 spiro atoms. The molecule has 0 saturated heterocycles. The smallest absolute Gasteiger partial charge is 0.251 e. The number of carbonyl (C=O) groups excluding carboxylic acids is 2. The van der Waals surface area contributed by atoms with Crippen LogP contribution >= 0.6 is 0 Å². The van der Waals surface area contributed by atoms with Gasteiger partial charge in [0, 0.05) is 11.5 Å². The van der Waals surface area contributed by atoms with Gasteiger partial charge in [-0.1, -0.05) is 19.9 Å². The third-order valence-electron chi connectivity index (χ3n) is 2.40. The first-order chi connectivity index (χ1) is 8.04. The highest BCUT2D eigenvalue weighted by atomic mass is 16.5. The predicted octanol–water partition coefficient (Wildman–Crippen LogP) is 1.65. The molecule has 1 aromatic carbocycles. The van der Waals surface area contributed by atoms with E-state index in [9.17, 15) is 9.59 Å². The summed E-state index contributed by atoms with van der Waals surface area (Å²) in [6, 6.07) is 6.81. The van der Waals surface area contributed by atoms with Gasteiger partial charge >= 0.3 is 0 Å². The minimum Gasteiger partial charge on any atom is -0.497 e. The summed E-state index contributed by atoms with van der Waals surface area (Å²) in [5.74, 6) is 0.299. The number of methoxy groups -OCH3 is 1. The van der Waals surface area contributed by atoms with E-state index in [0.29, 0.717) is 11.3 Å². The number of rotatable bonds is 5. The lowest BCUT2D eigenvalue weighted by atomic mass is 10.1. The van der Waals surface area contributed by atoms with Crippen molar-refractivity contribution in [1.29, 1.82) is 0 Å². The second kappa shape index (κ2) is 6.03. The highest BCUT2D eigenvalue weighted by Crippen LogP contribution is 2.12. The zero-order valence-electron chi connectivity index (χ0n) is 10.3. The Labute approximate surface area is 101 Å². The van der Waals surface area contributed by atoms with Crippen molar-refractivity contribution in [3.8, 4) is 5.75 Å². The first kappa shape index (κ1) is 13.2. The van der Waals surface area contributed by atoms with Gasteiger partial charge in [0.05, 0.1) is 13.7 Å². The van der Waals surface area contributed by atoms with Gasteiger partial charge in [-0.2, -0.15) is 0 Å². The maximum absolute atomic E-state index is 11.7. The number of amides is 1. The molecule has 4 heteroatoms. The minimum atomic E-state index is -0.266. The lowest BCUT2D eigenvalue weighted by Gasteiger charge is -2.07. The Balaban J connectivity index is 2.61. The minimum absolute atomic E-state index is 0.0150. The Morgan fingerprint density at radius 3 is 2.65 bits per heavy atom. The van der Waals surface area contributed by atoms with Crippen LogP contribution in [-0.2, 0) is 4.79 Å². The van der Waals surface area contributed by atoms with Crippen molar-refractivity contribution in [2.75, 3.05) is 13.7 Å². The summed E-state index contributed by atoms with van der Waals surface area (Å²) >= 11 is 0. The molecule has 0 atom stereocenters. The molecule has 0 saturated carbocycles. The van der Waals surface area contributed by atoms with E-state index in [0.717, 1.165) is 0 Å². The second-order valence-corrected chi connectivity index (χ2v) is 4.04. The van der Waals surface area contributed by atoms with E-state index in [1.54, 1.807) is 45.2 Å². The Morgan fingerprint density at radius 2 is 2.06 bits per heavy atom. The van der Waals surface area contributed by atoms with Gasteiger partial charge in [-0.25, -0.2) is 0 Å². The van der Waals surface area contributed by atoms with Crippen LogP contribution in [0.1, 0.15) is 24.2 Å². The molecule has 0 aliphatic heterocycles. The molecule has 0 bridgehead atoms. The fourth-order valence-electron chi connectivity index (χ4n) is 1.24. The Kier molecular flexibility index (Phi) is 4.69. The molecular formula is C13H17NO3. The molecule has 0 aliphatic carbocycles. The Morgan fingerprint density at radius 1 is 1.35 bits per heavy atom. The van der Waals surface area contributed by atoms with E-state index < -0.39 is 0 Å². The standard InChI is InChI=1S/C13H17NO3/c1-9(2)12(15)8-14-13(16)10-5-4-6-11(7-10)17-3/h4-7,9H,8H2,1-3H3,(H,14,16). The van der Waals surface area contributed by atoms with Crippen molar-refractivity contribution in [1.82, 2.24) is 5.32 Å². The number of nitrogens with one attached hydrogen (secondary N) is 1. The summed E-state index contributed by atoms with van der Waals surface area (Å²) in [6.07, 6.45) is 0. The lowest BCUT2D eigenvalue weighted by molar-refractivity contribution is -0.120. The van der Waals surface area contributed by atoms with Gasteiger partial charge in [-0.15, -0.1) is 0 Å². The number of Topliss-reactive ketones (excluding diaryl/α,β-unsaturated/α-hetero) is 1. The highest BCUT2D eigenvalue weighted by molar-refractivity contribution is 5.97. The zero-order valence-corrected chi connectivity index (χ0v) is 10.3. The third kappa shape index (κ3) is 3.90. The highest BCUT2D eigenvalue weighted by Gasteiger charge is 2.10. The van der Waals surface area contributed by atoms with Crippen LogP contribution in [0.3, 0.4) is 0 Å². The Hall–Kier alpha value is -1.84. The molecule has 1 aromatic rings. The summed E-state index contributed by atoms with van der Waals surface area (Å²) in [4.78, 5) is 23.1. The average Bonchev–Trinajstić information content (AvgIpc) is 2.35. The van der Waals surface area contributed by atoms with Gasteiger partial charge in [0.2, 0.25) is 0 Å². The fourth-order valence-corrected chi connectivity index (χ4v) is 1.24. The number of hydrogen-bond acceptors (Lipinski definition) is 3. The Bertz CT molecular complexity index is 413. The van der Waals surface area contributed by atoms with Crippen LogP contribution in [0.5, 0.6) is 5.75 Å². The van der Waals surface area contributed by atoms with Crippen LogP contribution in [0.2, 0.25) is 0 Å². The van der Waals surface area contributed by atoms with E-state index in [1.165, 1.54) is 0 Å². The quantitative estimate of drug-likeness (QED) is 0.844. The molecule has 0 heterocycles. The van der Waals surface area contributed by atoms with Crippen LogP contribution in [-0.4, -0.2) is 25.3 Å². The topological polar surface area (TPSA) is 55.4 Å². The van der Waals surface area contributed by atoms with Crippen LogP contribution in [0.25, 0.3) is 0 Å². The monoisotopic (exact) mass is 235 g/mol. The molecule has 4 nitrogen and oxygen atoms in total. The maximum Gasteiger partial charge on any atom is 0.251 e. The van der Waals surface area contributed by atoms with Crippen molar-refractivity contribution in [2.45, 2.75) is 13.8 Å². The molecule has 92 valence electrons. The van der Waals surface area contributed by atoms with Crippen molar-refractivity contribution in [3.63, 3.8) is 0 Å². The molecular weight excluding hydrogens is 218 g/mol. The average molecular weight is 235 g/mol. The molecule has 0 fully saturated rings. The van der Waals surface area contributed by atoms with Gasteiger partial charge in [-0.05, 0) is 18.2 Å². The van der Waals surface area contributed by atoms with Gasteiger partial charge < -0.3 is 10.1 Å². The van der Waals surface area contributed by atoms with Gasteiger partial charge in [0.15, 0.2) is 5.78 Å². The fraction of sp³-hybridized carbons (Fsp3) is 0.385. The normalized spacial score (nSPS) is 10.1.